The number of aromatic nitrogens is 1. The van der Waals surface area contributed by atoms with Gasteiger partial charge in [0.2, 0.25) is 0 Å². The van der Waals surface area contributed by atoms with Crippen LogP contribution in [0.5, 0.6) is 0 Å². The van der Waals surface area contributed by atoms with Crippen molar-refractivity contribution in [3.8, 4) is 0 Å². The van der Waals surface area contributed by atoms with Gasteiger partial charge >= 0.3 is 6.18 Å². The highest BCUT2D eigenvalue weighted by molar-refractivity contribution is 5.82. The van der Waals surface area contributed by atoms with E-state index in [9.17, 15) is 13.2 Å². The maximum Gasteiger partial charge on any atom is 0.416 e. The van der Waals surface area contributed by atoms with Gasteiger partial charge in [-0.25, -0.2) is 0 Å². The van der Waals surface area contributed by atoms with Crippen molar-refractivity contribution in [1.29, 1.82) is 0 Å². The highest BCUT2D eigenvalue weighted by Crippen LogP contribution is 2.30. The molecule has 4 heteroatoms. The van der Waals surface area contributed by atoms with Gasteiger partial charge in [-0.15, -0.1) is 0 Å². The quantitative estimate of drug-likeness (QED) is 0.657. The van der Waals surface area contributed by atoms with Crippen LogP contribution in [-0.2, 0) is 12.6 Å². The molecule has 1 heterocycles. The lowest BCUT2D eigenvalue weighted by atomic mass is 10.00. The largest absolute Gasteiger partial charge is 0.416 e. The lowest BCUT2D eigenvalue weighted by Crippen LogP contribution is -2.05. The van der Waals surface area contributed by atoms with Gasteiger partial charge in [0.1, 0.15) is 0 Å². The molecule has 106 valence electrons. The van der Waals surface area contributed by atoms with Crippen LogP contribution in [0.25, 0.3) is 10.9 Å². The number of fused-ring (bicyclic) bond motifs is 1. The highest BCUT2D eigenvalue weighted by Gasteiger charge is 2.30. The van der Waals surface area contributed by atoms with Crippen molar-refractivity contribution >= 4 is 10.9 Å². The fourth-order valence-electron chi connectivity index (χ4n) is 2.39. The van der Waals surface area contributed by atoms with E-state index in [4.69, 9.17) is 0 Å². The first-order chi connectivity index (χ1) is 10.0. The number of hydrogen-bond acceptors (Lipinski definition) is 1. The molecule has 0 unspecified atom stereocenters. The Balaban J connectivity index is 1.99. The highest BCUT2D eigenvalue weighted by atomic mass is 19.4. The predicted octanol–water partition coefficient (Wildman–Crippen LogP) is 4.84. The van der Waals surface area contributed by atoms with Crippen LogP contribution in [0, 0.1) is 0 Å². The summed E-state index contributed by atoms with van der Waals surface area (Å²) in [4.78, 5) is 4.26. The second kappa shape index (κ2) is 5.20. The van der Waals surface area contributed by atoms with Gasteiger partial charge in [0.15, 0.2) is 0 Å². The Labute approximate surface area is 120 Å². The van der Waals surface area contributed by atoms with Gasteiger partial charge < -0.3 is 0 Å². The Morgan fingerprint density at radius 2 is 1.71 bits per heavy atom. The van der Waals surface area contributed by atoms with Crippen molar-refractivity contribution < 1.29 is 13.2 Å². The lowest BCUT2D eigenvalue weighted by molar-refractivity contribution is -0.137. The van der Waals surface area contributed by atoms with Gasteiger partial charge in [-0.2, -0.15) is 13.2 Å². The fourth-order valence-corrected chi connectivity index (χ4v) is 2.39. The minimum absolute atomic E-state index is 0.451. The molecule has 0 spiro atoms. The van der Waals surface area contributed by atoms with E-state index >= 15 is 0 Å². The monoisotopic (exact) mass is 287 g/mol. The van der Waals surface area contributed by atoms with E-state index in [1.807, 2.05) is 30.3 Å². The van der Waals surface area contributed by atoms with E-state index in [0.29, 0.717) is 12.0 Å². The molecular formula is C17H12F3N. The Morgan fingerprint density at radius 1 is 0.905 bits per heavy atom. The number of hydrogen-bond donors (Lipinski definition) is 0. The summed E-state index contributed by atoms with van der Waals surface area (Å²) in [5.74, 6) is 0. The van der Waals surface area contributed by atoms with Crippen molar-refractivity contribution in [3.05, 3.63) is 77.5 Å². The first-order valence-corrected chi connectivity index (χ1v) is 6.53. The maximum absolute atomic E-state index is 12.7. The molecule has 0 aliphatic rings. The number of benzene rings is 2. The van der Waals surface area contributed by atoms with Crippen LogP contribution in [0.4, 0.5) is 13.2 Å². The summed E-state index contributed by atoms with van der Waals surface area (Å²) in [6.45, 7) is 0. The zero-order chi connectivity index (χ0) is 14.9. The summed E-state index contributed by atoms with van der Waals surface area (Å²) < 4.78 is 38.2. The van der Waals surface area contributed by atoms with E-state index in [0.717, 1.165) is 22.5 Å². The van der Waals surface area contributed by atoms with E-state index in [1.165, 1.54) is 12.1 Å². The predicted molar refractivity (Wildman–Crippen MR) is 76.0 cm³/mol. The molecular weight excluding hydrogens is 275 g/mol. The third-order valence-corrected chi connectivity index (χ3v) is 3.39. The number of halogens is 3. The summed E-state index contributed by atoms with van der Waals surface area (Å²) in [5, 5.41) is 0.970. The minimum atomic E-state index is -4.31. The third-order valence-electron chi connectivity index (χ3n) is 3.39. The average Bonchev–Trinajstić information content (AvgIpc) is 2.47. The Morgan fingerprint density at radius 3 is 2.52 bits per heavy atom. The molecule has 0 N–H and O–H groups in total. The van der Waals surface area contributed by atoms with Gasteiger partial charge in [0.25, 0.3) is 0 Å². The van der Waals surface area contributed by atoms with Gasteiger partial charge in [0, 0.05) is 11.6 Å². The topological polar surface area (TPSA) is 12.9 Å². The lowest BCUT2D eigenvalue weighted by Gasteiger charge is -2.10. The second-order valence-electron chi connectivity index (χ2n) is 4.86. The van der Waals surface area contributed by atoms with E-state index < -0.39 is 11.7 Å². The number of rotatable bonds is 2. The van der Waals surface area contributed by atoms with Crippen LogP contribution in [0.1, 0.15) is 16.7 Å². The summed E-state index contributed by atoms with van der Waals surface area (Å²) >= 11 is 0. The molecule has 21 heavy (non-hydrogen) atoms. The van der Waals surface area contributed by atoms with Gasteiger partial charge in [-0.05, 0) is 35.7 Å². The molecule has 0 radical (unpaired) electrons. The maximum atomic E-state index is 12.7. The standard InChI is InChI=1S/C17H12F3N/c18-17(19,20)14-5-3-4-12(11-14)10-13-8-9-21-16-7-2-1-6-15(13)16/h1-9,11H,10H2. The summed E-state index contributed by atoms with van der Waals surface area (Å²) in [5.41, 5.74) is 1.85. The molecule has 0 fully saturated rings. The van der Waals surface area contributed by atoms with Crippen LogP contribution in [0.2, 0.25) is 0 Å². The SMILES string of the molecule is FC(F)(F)c1cccc(Cc2ccnc3ccccc23)c1. The van der Waals surface area contributed by atoms with Crippen LogP contribution < -0.4 is 0 Å². The Kier molecular flexibility index (Phi) is 3.37. The molecule has 2 aromatic carbocycles. The molecule has 0 aliphatic heterocycles. The molecule has 1 aromatic heterocycles. The number of pyridine rings is 1. The molecule has 0 saturated carbocycles. The molecule has 0 bridgehead atoms. The van der Waals surface area contributed by atoms with Crippen molar-refractivity contribution in [2.75, 3.05) is 0 Å². The fraction of sp³-hybridized carbons (Fsp3) is 0.118. The molecule has 0 amide bonds. The first kappa shape index (κ1) is 13.6. The van der Waals surface area contributed by atoms with E-state index in [2.05, 4.69) is 4.98 Å². The second-order valence-corrected chi connectivity index (χ2v) is 4.86. The summed E-state index contributed by atoms with van der Waals surface area (Å²) in [7, 11) is 0. The average molecular weight is 287 g/mol. The number of nitrogens with zero attached hydrogens (tertiary/aromatic N) is 1. The van der Waals surface area contributed by atoms with Crippen molar-refractivity contribution in [1.82, 2.24) is 4.98 Å². The van der Waals surface area contributed by atoms with Crippen LogP contribution in [0.15, 0.2) is 60.8 Å². The Bertz CT molecular complexity index is 773. The molecule has 3 aromatic rings. The van der Waals surface area contributed by atoms with Crippen molar-refractivity contribution in [2.45, 2.75) is 12.6 Å². The van der Waals surface area contributed by atoms with Gasteiger partial charge in [0.05, 0.1) is 11.1 Å². The zero-order valence-corrected chi connectivity index (χ0v) is 11.1. The minimum Gasteiger partial charge on any atom is -0.256 e. The van der Waals surface area contributed by atoms with Gasteiger partial charge in [-0.1, -0.05) is 36.4 Å². The third kappa shape index (κ3) is 2.89. The normalized spacial score (nSPS) is 11.8. The molecule has 0 atom stereocenters. The van der Waals surface area contributed by atoms with Crippen LogP contribution >= 0.6 is 0 Å². The number of para-hydroxylation sites is 1. The van der Waals surface area contributed by atoms with Crippen molar-refractivity contribution in [3.63, 3.8) is 0 Å². The molecule has 3 rings (SSSR count). The van der Waals surface area contributed by atoms with Crippen LogP contribution in [0.3, 0.4) is 0 Å². The first-order valence-electron chi connectivity index (χ1n) is 6.53. The zero-order valence-electron chi connectivity index (χ0n) is 11.1. The van der Waals surface area contributed by atoms with E-state index in [1.54, 1.807) is 12.3 Å². The Hall–Kier alpha value is -2.36. The van der Waals surface area contributed by atoms with Crippen LogP contribution in [-0.4, -0.2) is 4.98 Å². The molecule has 1 nitrogen and oxygen atoms in total. The smallest absolute Gasteiger partial charge is 0.256 e. The van der Waals surface area contributed by atoms with Gasteiger partial charge in [-0.3, -0.25) is 4.98 Å². The van der Waals surface area contributed by atoms with Crippen molar-refractivity contribution in [2.24, 2.45) is 0 Å². The molecule has 0 saturated heterocycles. The van der Waals surface area contributed by atoms with E-state index in [-0.39, 0.29) is 0 Å². The molecule has 0 aliphatic carbocycles. The number of alkyl halides is 3. The summed E-state index contributed by atoms with van der Waals surface area (Å²) in [6, 6.07) is 14.9. The summed E-state index contributed by atoms with van der Waals surface area (Å²) in [6.07, 6.45) is -2.17.